The van der Waals surface area contributed by atoms with E-state index in [-0.39, 0.29) is 11.6 Å². The van der Waals surface area contributed by atoms with Crippen LogP contribution in [0.3, 0.4) is 0 Å². The lowest BCUT2D eigenvalue weighted by atomic mass is 9.53. The van der Waals surface area contributed by atoms with Gasteiger partial charge in [0, 0.05) is 22.3 Å². The largest absolute Gasteiger partial charge is 0.332 e. The summed E-state index contributed by atoms with van der Waals surface area (Å²) in [7, 11) is 0. The molecule has 1 aromatic carbocycles. The van der Waals surface area contributed by atoms with Gasteiger partial charge in [-0.3, -0.25) is 10.00 Å². The van der Waals surface area contributed by atoms with Crippen molar-refractivity contribution >= 4 is 23.4 Å². The Balaban J connectivity index is 1.25. The number of rotatable bonds is 4. The second-order valence-electron chi connectivity index (χ2n) is 9.20. The molecule has 4 saturated carbocycles. The molecule has 0 aliphatic heterocycles. The fraction of sp³-hybridized carbons (Fsp3) is 0.545. The van der Waals surface area contributed by atoms with Crippen LogP contribution in [0, 0.1) is 24.7 Å². The van der Waals surface area contributed by atoms with Crippen LogP contribution >= 0.6 is 11.6 Å². The van der Waals surface area contributed by atoms with E-state index in [2.05, 4.69) is 15.7 Å². The molecule has 0 spiro atoms. The van der Waals surface area contributed by atoms with Crippen molar-refractivity contribution in [3.63, 3.8) is 0 Å². The number of nitrogens with one attached hydrogen (secondary N) is 2. The van der Waals surface area contributed by atoms with E-state index in [0.717, 1.165) is 53.3 Å². The number of aromatic nitrogens is 2. The lowest BCUT2D eigenvalue weighted by molar-refractivity contribution is -0.0127. The molecule has 4 fully saturated rings. The van der Waals surface area contributed by atoms with E-state index in [1.165, 1.54) is 19.3 Å². The Labute approximate surface area is 170 Å². The molecule has 0 radical (unpaired) electrons. The normalized spacial score (nSPS) is 30.4. The van der Waals surface area contributed by atoms with Gasteiger partial charge in [-0.05, 0) is 74.8 Å². The van der Waals surface area contributed by atoms with Crippen molar-refractivity contribution in [2.75, 3.05) is 5.32 Å². The number of amides is 2. The summed E-state index contributed by atoms with van der Waals surface area (Å²) < 4.78 is 1.88. The zero-order valence-electron chi connectivity index (χ0n) is 16.2. The average Bonchev–Trinajstić information content (AvgIpc) is 2.94. The first-order chi connectivity index (χ1) is 13.5. The maximum Gasteiger partial charge on any atom is 0.320 e. The zero-order valence-corrected chi connectivity index (χ0v) is 17.0. The van der Waals surface area contributed by atoms with E-state index < -0.39 is 0 Å². The maximum absolute atomic E-state index is 12.7. The Kier molecular flexibility index (Phi) is 4.38. The van der Waals surface area contributed by atoms with Gasteiger partial charge in [-0.15, -0.1) is 0 Å². The molecule has 0 atom stereocenters. The topological polar surface area (TPSA) is 59.0 Å². The van der Waals surface area contributed by atoms with Gasteiger partial charge >= 0.3 is 6.03 Å². The molecule has 4 aliphatic rings. The predicted molar refractivity (Wildman–Crippen MR) is 111 cm³/mol. The van der Waals surface area contributed by atoms with Gasteiger partial charge in [-0.2, -0.15) is 5.10 Å². The molecule has 6 heteroatoms. The Hall–Kier alpha value is -2.01. The van der Waals surface area contributed by atoms with Gasteiger partial charge in [-0.1, -0.05) is 29.8 Å². The first kappa shape index (κ1) is 18.0. The third-order valence-electron chi connectivity index (χ3n) is 6.92. The SMILES string of the molecule is Cc1cc(NC(=O)NC23CC4CC(CC(C4)C2)C3)nn1Cc1ccccc1Cl. The molecule has 0 unspecified atom stereocenters. The molecule has 2 N–H and O–H groups in total. The smallest absolute Gasteiger partial charge is 0.320 e. The summed E-state index contributed by atoms with van der Waals surface area (Å²) in [5, 5.41) is 11.6. The van der Waals surface area contributed by atoms with Crippen LogP contribution in [0.5, 0.6) is 0 Å². The first-order valence-corrected chi connectivity index (χ1v) is 10.7. The molecule has 0 saturated heterocycles. The molecular formula is C22H27ClN4O. The molecule has 4 aliphatic carbocycles. The van der Waals surface area contributed by atoms with Crippen molar-refractivity contribution in [1.82, 2.24) is 15.1 Å². The summed E-state index contributed by atoms with van der Waals surface area (Å²) in [5.41, 5.74) is 2.01. The number of carbonyl (C=O) groups is 1. The first-order valence-electron chi connectivity index (χ1n) is 10.3. The van der Waals surface area contributed by atoms with Gasteiger partial charge in [0.25, 0.3) is 0 Å². The van der Waals surface area contributed by atoms with Gasteiger partial charge in [0.05, 0.1) is 6.54 Å². The summed E-state index contributed by atoms with van der Waals surface area (Å²) in [6, 6.07) is 9.56. The molecule has 148 valence electrons. The van der Waals surface area contributed by atoms with Crippen LogP contribution in [-0.4, -0.2) is 21.4 Å². The highest BCUT2D eigenvalue weighted by Gasteiger charge is 2.51. The van der Waals surface area contributed by atoms with Crippen molar-refractivity contribution < 1.29 is 4.79 Å². The summed E-state index contributed by atoms with van der Waals surface area (Å²) in [6.07, 6.45) is 7.54. The van der Waals surface area contributed by atoms with Crippen LogP contribution in [0.15, 0.2) is 30.3 Å². The number of halogens is 1. The maximum atomic E-state index is 12.7. The predicted octanol–water partition coefficient (Wildman–Crippen LogP) is 4.98. The van der Waals surface area contributed by atoms with Gasteiger partial charge in [0.15, 0.2) is 5.82 Å². The number of hydrogen-bond acceptors (Lipinski definition) is 2. The lowest BCUT2D eigenvalue weighted by Gasteiger charge is -2.56. The van der Waals surface area contributed by atoms with Crippen molar-refractivity contribution in [2.24, 2.45) is 17.8 Å². The van der Waals surface area contributed by atoms with Crippen LogP contribution in [0.4, 0.5) is 10.6 Å². The van der Waals surface area contributed by atoms with Crippen LogP contribution in [-0.2, 0) is 6.54 Å². The summed E-state index contributed by atoms with van der Waals surface area (Å²) in [6.45, 7) is 2.58. The Morgan fingerprint density at radius 2 is 1.82 bits per heavy atom. The monoisotopic (exact) mass is 398 g/mol. The Morgan fingerprint density at radius 1 is 1.18 bits per heavy atom. The second kappa shape index (κ2) is 6.80. The van der Waals surface area contributed by atoms with Gasteiger partial charge < -0.3 is 5.32 Å². The second-order valence-corrected chi connectivity index (χ2v) is 9.60. The minimum atomic E-state index is -0.121. The fourth-order valence-corrected chi connectivity index (χ4v) is 6.37. The van der Waals surface area contributed by atoms with E-state index in [9.17, 15) is 4.79 Å². The summed E-state index contributed by atoms with van der Waals surface area (Å²) in [4.78, 5) is 12.7. The number of nitrogens with zero attached hydrogens (tertiary/aromatic N) is 2. The van der Waals surface area contributed by atoms with E-state index in [1.54, 1.807) is 0 Å². The molecule has 4 bridgehead atoms. The minimum absolute atomic E-state index is 0.00794. The number of carbonyl (C=O) groups excluding carboxylic acids is 1. The molecule has 2 aromatic rings. The van der Waals surface area contributed by atoms with E-state index in [4.69, 9.17) is 11.6 Å². The molecule has 2 amide bonds. The standard InChI is InChI=1S/C22H27ClN4O/c1-14-6-20(26-27(14)13-18-4-2-3-5-19(18)23)24-21(28)25-22-10-15-7-16(11-22)9-17(8-15)12-22/h2-6,15-17H,7-13H2,1H3,(H2,24,25,26,28). The number of anilines is 1. The van der Waals surface area contributed by atoms with Crippen molar-refractivity contribution in [3.8, 4) is 0 Å². The van der Waals surface area contributed by atoms with Crippen LogP contribution in [0.1, 0.15) is 49.8 Å². The van der Waals surface area contributed by atoms with Crippen molar-refractivity contribution in [3.05, 3.63) is 46.6 Å². The average molecular weight is 399 g/mol. The molecule has 1 heterocycles. The van der Waals surface area contributed by atoms with E-state index in [1.807, 2.05) is 41.9 Å². The Bertz CT molecular complexity index is 870. The number of urea groups is 1. The highest BCUT2D eigenvalue weighted by molar-refractivity contribution is 6.31. The molecular weight excluding hydrogens is 372 g/mol. The van der Waals surface area contributed by atoms with E-state index >= 15 is 0 Å². The Morgan fingerprint density at radius 3 is 2.46 bits per heavy atom. The third-order valence-corrected chi connectivity index (χ3v) is 7.29. The molecule has 1 aromatic heterocycles. The quantitative estimate of drug-likeness (QED) is 0.762. The van der Waals surface area contributed by atoms with Gasteiger partial charge in [-0.25, -0.2) is 4.79 Å². The molecule has 28 heavy (non-hydrogen) atoms. The molecule has 5 nitrogen and oxygen atoms in total. The van der Waals surface area contributed by atoms with E-state index in [0.29, 0.717) is 12.4 Å². The van der Waals surface area contributed by atoms with Gasteiger partial charge in [0.2, 0.25) is 0 Å². The highest BCUT2D eigenvalue weighted by Crippen LogP contribution is 2.55. The van der Waals surface area contributed by atoms with Crippen LogP contribution < -0.4 is 10.6 Å². The summed E-state index contributed by atoms with van der Waals surface area (Å²) in [5.74, 6) is 3.02. The minimum Gasteiger partial charge on any atom is -0.332 e. The summed E-state index contributed by atoms with van der Waals surface area (Å²) >= 11 is 6.27. The number of hydrogen-bond donors (Lipinski definition) is 2. The fourth-order valence-electron chi connectivity index (χ4n) is 6.17. The lowest BCUT2D eigenvalue weighted by Crippen LogP contribution is -2.60. The van der Waals surface area contributed by atoms with Gasteiger partial charge in [0.1, 0.15) is 0 Å². The van der Waals surface area contributed by atoms with Crippen LogP contribution in [0.25, 0.3) is 0 Å². The molecule has 6 rings (SSSR count). The van der Waals surface area contributed by atoms with Crippen molar-refractivity contribution in [2.45, 2.75) is 57.5 Å². The number of benzene rings is 1. The van der Waals surface area contributed by atoms with Crippen LogP contribution in [0.2, 0.25) is 5.02 Å². The highest BCUT2D eigenvalue weighted by atomic mass is 35.5. The number of aryl methyl sites for hydroxylation is 1. The zero-order chi connectivity index (χ0) is 19.3. The van der Waals surface area contributed by atoms with Crippen molar-refractivity contribution in [1.29, 1.82) is 0 Å². The third kappa shape index (κ3) is 3.41.